The number of rotatable bonds is 5. The topological polar surface area (TPSA) is 92.8 Å². The maximum absolute atomic E-state index is 12.9. The number of amides is 3. The minimum absolute atomic E-state index is 0.0728. The van der Waals surface area contributed by atoms with Crippen molar-refractivity contribution in [2.75, 3.05) is 16.8 Å². The van der Waals surface area contributed by atoms with E-state index in [0.717, 1.165) is 4.90 Å². The minimum atomic E-state index is -0.798. The van der Waals surface area contributed by atoms with E-state index in [1.165, 1.54) is 48.5 Å². The molecule has 3 aromatic rings. The van der Waals surface area contributed by atoms with Gasteiger partial charge in [-0.15, -0.1) is 0 Å². The molecule has 154 valence electrons. The van der Waals surface area contributed by atoms with Gasteiger partial charge in [-0.25, -0.2) is 14.1 Å². The largest absolute Gasteiger partial charge is 0.452 e. The van der Waals surface area contributed by atoms with Gasteiger partial charge in [-0.2, -0.15) is 0 Å². The molecule has 3 amide bonds. The molecule has 0 saturated carbocycles. The van der Waals surface area contributed by atoms with Crippen molar-refractivity contribution in [2.24, 2.45) is 0 Å². The Balaban J connectivity index is 1.43. The number of hydrogen-bond acceptors (Lipinski definition) is 5. The molecule has 0 fully saturated rings. The van der Waals surface area contributed by atoms with Gasteiger partial charge < -0.3 is 10.1 Å². The maximum atomic E-state index is 12.9. The van der Waals surface area contributed by atoms with Crippen LogP contribution in [0.25, 0.3) is 0 Å². The van der Waals surface area contributed by atoms with Gasteiger partial charge in [0, 0.05) is 5.69 Å². The van der Waals surface area contributed by atoms with E-state index in [0.29, 0.717) is 5.69 Å². The zero-order valence-corrected chi connectivity index (χ0v) is 16.0. The highest BCUT2D eigenvalue weighted by atomic mass is 19.1. The van der Waals surface area contributed by atoms with Crippen molar-refractivity contribution in [3.63, 3.8) is 0 Å². The molecule has 1 heterocycles. The Morgan fingerprint density at radius 3 is 2.16 bits per heavy atom. The fraction of sp³-hybridized carbons (Fsp3) is 0.0435. The lowest BCUT2D eigenvalue weighted by molar-refractivity contribution is -0.119. The van der Waals surface area contributed by atoms with Gasteiger partial charge in [0.25, 0.3) is 17.7 Å². The first-order chi connectivity index (χ1) is 14.9. The lowest BCUT2D eigenvalue weighted by Crippen LogP contribution is -2.29. The van der Waals surface area contributed by atoms with Crippen LogP contribution < -0.4 is 10.2 Å². The number of anilines is 2. The van der Waals surface area contributed by atoms with E-state index in [1.807, 2.05) is 0 Å². The molecular weight excluding hydrogens is 403 g/mol. The highest BCUT2D eigenvalue weighted by Gasteiger charge is 2.36. The van der Waals surface area contributed by atoms with Gasteiger partial charge in [-0.05, 0) is 54.6 Å². The van der Waals surface area contributed by atoms with Gasteiger partial charge in [0.05, 0.1) is 22.4 Å². The highest BCUT2D eigenvalue weighted by molar-refractivity contribution is 6.34. The zero-order valence-electron chi connectivity index (χ0n) is 16.0. The smallest absolute Gasteiger partial charge is 0.338 e. The molecule has 0 aliphatic carbocycles. The van der Waals surface area contributed by atoms with E-state index < -0.39 is 36.1 Å². The first-order valence-electron chi connectivity index (χ1n) is 9.24. The second kappa shape index (κ2) is 8.19. The number of carbonyl (C=O) groups is 4. The molecule has 1 N–H and O–H groups in total. The Kier molecular flexibility index (Phi) is 5.28. The van der Waals surface area contributed by atoms with Crippen molar-refractivity contribution in [3.05, 3.63) is 95.3 Å². The van der Waals surface area contributed by atoms with Crippen LogP contribution in [0.3, 0.4) is 0 Å². The van der Waals surface area contributed by atoms with Crippen molar-refractivity contribution in [1.29, 1.82) is 0 Å². The van der Waals surface area contributed by atoms with Gasteiger partial charge in [0.1, 0.15) is 5.82 Å². The molecule has 0 atom stereocenters. The Morgan fingerprint density at radius 2 is 1.52 bits per heavy atom. The maximum Gasteiger partial charge on any atom is 0.338 e. The Hall–Kier alpha value is -4.33. The quantitative estimate of drug-likeness (QED) is 0.506. The van der Waals surface area contributed by atoms with Crippen molar-refractivity contribution >= 4 is 35.1 Å². The van der Waals surface area contributed by atoms with E-state index >= 15 is 0 Å². The fourth-order valence-electron chi connectivity index (χ4n) is 3.14. The first kappa shape index (κ1) is 20.0. The number of nitrogens with zero attached hydrogens (tertiary/aromatic N) is 1. The Bertz CT molecular complexity index is 1170. The number of halogens is 1. The number of benzene rings is 3. The van der Waals surface area contributed by atoms with Crippen LogP contribution in [0, 0.1) is 5.82 Å². The molecule has 7 nitrogen and oxygen atoms in total. The summed E-state index contributed by atoms with van der Waals surface area (Å²) in [5.41, 5.74) is 1.23. The number of ether oxygens (including phenoxy) is 1. The molecule has 0 saturated heterocycles. The van der Waals surface area contributed by atoms with Crippen LogP contribution in [0.4, 0.5) is 15.8 Å². The summed E-state index contributed by atoms with van der Waals surface area (Å²) in [5, 5.41) is 2.47. The van der Waals surface area contributed by atoms with E-state index in [-0.39, 0.29) is 22.4 Å². The van der Waals surface area contributed by atoms with Crippen LogP contribution >= 0.6 is 0 Å². The summed E-state index contributed by atoms with van der Waals surface area (Å²) >= 11 is 0. The third-order valence-corrected chi connectivity index (χ3v) is 4.60. The van der Waals surface area contributed by atoms with E-state index in [2.05, 4.69) is 5.32 Å². The molecule has 0 spiro atoms. The standard InChI is InChI=1S/C23H15FN2O5/c24-15-8-10-16(11-9-15)25-20(27)13-31-23(30)14-4-3-5-17(12-14)26-21(28)18-6-1-2-7-19(18)22(26)29/h1-12H,13H2,(H,25,27). The van der Waals surface area contributed by atoms with Crippen LogP contribution in [-0.2, 0) is 9.53 Å². The molecule has 31 heavy (non-hydrogen) atoms. The number of hydrogen-bond donors (Lipinski definition) is 1. The van der Waals surface area contributed by atoms with Crippen molar-refractivity contribution in [3.8, 4) is 0 Å². The van der Waals surface area contributed by atoms with Gasteiger partial charge in [0.2, 0.25) is 0 Å². The van der Waals surface area contributed by atoms with E-state index in [1.54, 1.807) is 24.3 Å². The van der Waals surface area contributed by atoms with Crippen LogP contribution in [0.2, 0.25) is 0 Å². The number of fused-ring (bicyclic) bond motifs is 1. The molecule has 0 bridgehead atoms. The molecule has 3 aromatic carbocycles. The van der Waals surface area contributed by atoms with Gasteiger partial charge >= 0.3 is 5.97 Å². The van der Waals surface area contributed by atoms with E-state index in [9.17, 15) is 23.6 Å². The van der Waals surface area contributed by atoms with E-state index in [4.69, 9.17) is 4.74 Å². The Morgan fingerprint density at radius 1 is 0.871 bits per heavy atom. The summed E-state index contributed by atoms with van der Waals surface area (Å²) in [5.74, 6) is -2.80. The molecule has 0 radical (unpaired) electrons. The molecule has 0 unspecified atom stereocenters. The fourth-order valence-corrected chi connectivity index (χ4v) is 3.14. The minimum Gasteiger partial charge on any atom is -0.452 e. The number of imide groups is 1. The van der Waals surface area contributed by atoms with Crippen molar-refractivity contribution < 1.29 is 28.3 Å². The normalized spacial score (nSPS) is 12.5. The van der Waals surface area contributed by atoms with Crippen molar-refractivity contribution in [2.45, 2.75) is 0 Å². The molecule has 0 aromatic heterocycles. The van der Waals surface area contributed by atoms with Crippen LogP contribution in [0.15, 0.2) is 72.8 Å². The summed E-state index contributed by atoms with van der Waals surface area (Å²) in [6.07, 6.45) is 0. The zero-order chi connectivity index (χ0) is 22.0. The summed E-state index contributed by atoms with van der Waals surface area (Å²) < 4.78 is 17.9. The summed E-state index contributed by atoms with van der Waals surface area (Å²) in [4.78, 5) is 50.5. The average Bonchev–Trinajstić information content (AvgIpc) is 3.04. The second-order valence-electron chi connectivity index (χ2n) is 6.67. The molecular formula is C23H15FN2O5. The van der Waals surface area contributed by atoms with Crippen LogP contribution in [0.1, 0.15) is 31.1 Å². The summed E-state index contributed by atoms with van der Waals surface area (Å²) in [6.45, 7) is -0.562. The van der Waals surface area contributed by atoms with Gasteiger partial charge in [0.15, 0.2) is 6.61 Å². The summed E-state index contributed by atoms with van der Waals surface area (Å²) in [7, 11) is 0. The average molecular weight is 418 g/mol. The molecule has 1 aliphatic rings. The monoisotopic (exact) mass is 418 g/mol. The third-order valence-electron chi connectivity index (χ3n) is 4.60. The second-order valence-corrected chi connectivity index (χ2v) is 6.67. The number of carbonyl (C=O) groups excluding carboxylic acids is 4. The predicted octanol–water partition coefficient (Wildman–Crippen LogP) is 3.42. The molecule has 8 heteroatoms. The summed E-state index contributed by atoms with van der Waals surface area (Å²) in [6, 6.07) is 17.4. The van der Waals surface area contributed by atoms with Crippen molar-refractivity contribution in [1.82, 2.24) is 0 Å². The first-order valence-corrected chi connectivity index (χ1v) is 9.24. The SMILES string of the molecule is O=C(COC(=O)c1cccc(N2C(=O)c3ccccc3C2=O)c1)Nc1ccc(F)cc1. The van der Waals surface area contributed by atoms with Crippen LogP contribution in [-0.4, -0.2) is 30.3 Å². The van der Waals surface area contributed by atoms with Gasteiger partial charge in [-0.1, -0.05) is 18.2 Å². The molecule has 1 aliphatic heterocycles. The van der Waals surface area contributed by atoms with Gasteiger partial charge in [-0.3, -0.25) is 14.4 Å². The highest BCUT2D eigenvalue weighted by Crippen LogP contribution is 2.28. The van der Waals surface area contributed by atoms with Crippen LogP contribution in [0.5, 0.6) is 0 Å². The third kappa shape index (κ3) is 4.04. The predicted molar refractivity (Wildman–Crippen MR) is 109 cm³/mol. The lowest BCUT2D eigenvalue weighted by atomic mass is 10.1. The lowest BCUT2D eigenvalue weighted by Gasteiger charge is -2.14. The number of esters is 1. The molecule has 4 rings (SSSR count). The Labute approximate surface area is 176 Å². The number of nitrogens with one attached hydrogen (secondary N) is 1.